The zero-order valence-corrected chi connectivity index (χ0v) is 5.78. The van der Waals surface area contributed by atoms with Crippen molar-refractivity contribution < 1.29 is 16.3 Å². The van der Waals surface area contributed by atoms with Crippen LogP contribution in [0.4, 0.5) is 0 Å². The molecule has 0 saturated heterocycles. The van der Waals surface area contributed by atoms with Gasteiger partial charge in [-0.15, -0.1) is 10.2 Å². The topological polar surface area (TPSA) is 52.6 Å². The minimum Gasteiger partial charge on any atom is -0.234 e. The summed E-state index contributed by atoms with van der Waals surface area (Å²) in [6.07, 6.45) is 4.65. The van der Waals surface area contributed by atoms with Crippen LogP contribution in [-0.4, -0.2) is 15.0 Å². The molecular weight excluding hydrogens is 168 g/mol. The Morgan fingerprint density at radius 3 is 2.56 bits per heavy atom. The SMILES string of the molecule is C#CCOS(=O)(=O)OCl. The molecule has 0 aliphatic heterocycles. The van der Waals surface area contributed by atoms with Gasteiger partial charge in [-0.25, -0.2) is 4.18 Å². The number of halogens is 1. The van der Waals surface area contributed by atoms with Crippen LogP contribution in [-0.2, 0) is 18.3 Å². The summed E-state index contributed by atoms with van der Waals surface area (Å²) in [5.41, 5.74) is 0. The molecule has 9 heavy (non-hydrogen) atoms. The standard InChI is InChI=1S/C3H3ClO4S/c1-2-3-7-9(5,6)8-4/h1H,3H2. The van der Waals surface area contributed by atoms with Crippen molar-refractivity contribution in [2.24, 2.45) is 0 Å². The Morgan fingerprint density at radius 2 is 2.22 bits per heavy atom. The predicted molar refractivity (Wildman–Crippen MR) is 30.6 cm³/mol. The molecule has 0 amide bonds. The Kier molecular flexibility index (Phi) is 3.58. The molecular formula is C3H3ClO4S. The second-order valence-corrected chi connectivity index (χ2v) is 2.49. The van der Waals surface area contributed by atoms with Gasteiger partial charge in [0, 0.05) is 0 Å². The lowest BCUT2D eigenvalue weighted by Gasteiger charge is -1.92. The highest BCUT2D eigenvalue weighted by Gasteiger charge is 2.07. The Hall–Kier alpha value is -0.280. The first-order chi connectivity index (χ1) is 4.12. The molecule has 0 atom stereocenters. The maximum Gasteiger partial charge on any atom is 0.417 e. The first-order valence-electron chi connectivity index (χ1n) is 1.75. The average Bonchev–Trinajstić information content (AvgIpc) is 1.84. The molecule has 0 heterocycles. The fraction of sp³-hybridized carbons (Fsp3) is 0.333. The molecule has 0 aromatic heterocycles. The van der Waals surface area contributed by atoms with E-state index in [1.807, 2.05) is 5.92 Å². The lowest BCUT2D eigenvalue weighted by atomic mass is 10.8. The number of hydrogen-bond acceptors (Lipinski definition) is 4. The van der Waals surface area contributed by atoms with Gasteiger partial charge in [0.1, 0.15) is 6.61 Å². The van der Waals surface area contributed by atoms with Crippen molar-refractivity contribution in [2.45, 2.75) is 0 Å². The first kappa shape index (κ1) is 8.72. The smallest absolute Gasteiger partial charge is 0.234 e. The van der Waals surface area contributed by atoms with E-state index in [4.69, 9.17) is 0 Å². The third-order valence-corrected chi connectivity index (χ3v) is 1.39. The molecule has 0 rings (SSSR count). The molecule has 0 N–H and O–H groups in total. The summed E-state index contributed by atoms with van der Waals surface area (Å²) in [6.45, 7) is -0.380. The fourth-order valence-electron chi connectivity index (χ4n) is 0.124. The molecule has 6 heteroatoms. The molecule has 0 radical (unpaired) electrons. The summed E-state index contributed by atoms with van der Waals surface area (Å²) < 4.78 is 27.4. The van der Waals surface area contributed by atoms with Crippen molar-refractivity contribution in [3.8, 4) is 12.3 Å². The second-order valence-electron chi connectivity index (χ2n) is 0.938. The Labute approximate surface area is 58.2 Å². The molecule has 0 bridgehead atoms. The molecule has 0 aromatic rings. The van der Waals surface area contributed by atoms with E-state index in [2.05, 4.69) is 26.2 Å². The van der Waals surface area contributed by atoms with Crippen LogP contribution in [0.1, 0.15) is 0 Å². The Balaban J connectivity index is 3.78. The van der Waals surface area contributed by atoms with Crippen LogP contribution in [0.15, 0.2) is 0 Å². The summed E-state index contributed by atoms with van der Waals surface area (Å²) in [5, 5.41) is 0. The van der Waals surface area contributed by atoms with Crippen molar-refractivity contribution in [2.75, 3.05) is 6.61 Å². The minimum absolute atomic E-state index is 0.380. The lowest BCUT2D eigenvalue weighted by molar-refractivity contribution is 0.313. The number of hydrogen-bond donors (Lipinski definition) is 0. The number of rotatable bonds is 3. The van der Waals surface area contributed by atoms with E-state index in [0.29, 0.717) is 0 Å². The van der Waals surface area contributed by atoms with E-state index in [1.54, 1.807) is 0 Å². The summed E-state index contributed by atoms with van der Waals surface area (Å²) in [4.78, 5) is 0. The van der Waals surface area contributed by atoms with Crippen molar-refractivity contribution in [3.05, 3.63) is 0 Å². The molecule has 0 fully saturated rings. The van der Waals surface area contributed by atoms with Gasteiger partial charge < -0.3 is 0 Å². The quantitative estimate of drug-likeness (QED) is 0.562. The monoisotopic (exact) mass is 170 g/mol. The van der Waals surface area contributed by atoms with Gasteiger partial charge in [0.15, 0.2) is 0 Å². The largest absolute Gasteiger partial charge is 0.417 e. The van der Waals surface area contributed by atoms with Crippen molar-refractivity contribution in [1.82, 2.24) is 0 Å². The zero-order valence-electron chi connectivity index (χ0n) is 4.20. The van der Waals surface area contributed by atoms with E-state index in [0.717, 1.165) is 0 Å². The predicted octanol–water partition coefficient (Wildman–Crippen LogP) is 0.0514. The van der Waals surface area contributed by atoms with E-state index >= 15 is 0 Å². The van der Waals surface area contributed by atoms with Gasteiger partial charge in [0.25, 0.3) is 0 Å². The maximum atomic E-state index is 10.1. The molecule has 0 unspecified atom stereocenters. The van der Waals surface area contributed by atoms with Gasteiger partial charge >= 0.3 is 10.4 Å². The summed E-state index contributed by atoms with van der Waals surface area (Å²) in [6, 6.07) is 0. The second kappa shape index (κ2) is 3.69. The van der Waals surface area contributed by atoms with Gasteiger partial charge in [-0.1, -0.05) is 5.92 Å². The van der Waals surface area contributed by atoms with Crippen LogP contribution >= 0.6 is 11.9 Å². The van der Waals surface area contributed by atoms with Gasteiger partial charge in [-0.2, -0.15) is 8.42 Å². The van der Waals surface area contributed by atoms with Gasteiger partial charge in [0.05, 0.1) is 11.9 Å². The van der Waals surface area contributed by atoms with Crippen LogP contribution in [0, 0.1) is 12.3 Å². The lowest BCUT2D eigenvalue weighted by Crippen LogP contribution is -2.04. The normalized spacial score (nSPS) is 10.7. The van der Waals surface area contributed by atoms with Crippen molar-refractivity contribution >= 4 is 22.3 Å². The maximum absolute atomic E-state index is 10.1. The summed E-state index contributed by atoms with van der Waals surface area (Å²) in [7, 11) is -4.06. The van der Waals surface area contributed by atoms with Crippen LogP contribution < -0.4 is 0 Å². The summed E-state index contributed by atoms with van der Waals surface area (Å²) in [5.74, 6) is 1.92. The third kappa shape index (κ3) is 4.24. The van der Waals surface area contributed by atoms with Gasteiger partial charge in [-0.05, 0) is 0 Å². The van der Waals surface area contributed by atoms with Crippen LogP contribution in [0.5, 0.6) is 0 Å². The highest BCUT2D eigenvalue weighted by Crippen LogP contribution is 1.96. The van der Waals surface area contributed by atoms with Crippen LogP contribution in [0.25, 0.3) is 0 Å². The summed E-state index contributed by atoms with van der Waals surface area (Å²) >= 11 is 4.45. The van der Waals surface area contributed by atoms with Crippen molar-refractivity contribution in [1.29, 1.82) is 0 Å². The highest BCUT2D eigenvalue weighted by molar-refractivity contribution is 7.82. The van der Waals surface area contributed by atoms with Gasteiger partial charge in [-0.3, -0.25) is 0 Å². The van der Waals surface area contributed by atoms with E-state index in [9.17, 15) is 8.42 Å². The molecule has 4 nitrogen and oxygen atoms in total. The third-order valence-electron chi connectivity index (χ3n) is 0.364. The van der Waals surface area contributed by atoms with E-state index in [-0.39, 0.29) is 6.61 Å². The fourth-order valence-corrected chi connectivity index (χ4v) is 0.482. The Bertz CT molecular complexity index is 200. The number of terminal acetylenes is 1. The minimum atomic E-state index is -4.06. The molecule has 52 valence electrons. The average molecular weight is 171 g/mol. The van der Waals surface area contributed by atoms with Crippen LogP contribution in [0.3, 0.4) is 0 Å². The van der Waals surface area contributed by atoms with Crippen LogP contribution in [0.2, 0.25) is 0 Å². The highest BCUT2D eigenvalue weighted by atomic mass is 35.5. The molecule has 0 aromatic carbocycles. The molecule has 0 aliphatic rings. The first-order valence-corrected chi connectivity index (χ1v) is 3.39. The van der Waals surface area contributed by atoms with E-state index < -0.39 is 10.4 Å². The molecule has 0 aliphatic carbocycles. The Morgan fingerprint density at radius 1 is 1.67 bits per heavy atom. The molecule has 0 spiro atoms. The molecule has 0 saturated carbocycles. The van der Waals surface area contributed by atoms with E-state index in [1.165, 1.54) is 0 Å². The zero-order chi connectivity index (χ0) is 7.33. The van der Waals surface area contributed by atoms with Gasteiger partial charge in [0.2, 0.25) is 0 Å². The van der Waals surface area contributed by atoms with Crippen molar-refractivity contribution in [3.63, 3.8) is 0 Å².